The molecule has 0 saturated carbocycles. The van der Waals surface area contributed by atoms with Crippen LogP contribution in [0.4, 0.5) is 0 Å². The third-order valence-corrected chi connectivity index (χ3v) is 10.6. The second-order valence-electron chi connectivity index (χ2n) is 14.2. The van der Waals surface area contributed by atoms with Crippen molar-refractivity contribution in [3.63, 3.8) is 0 Å². The van der Waals surface area contributed by atoms with Gasteiger partial charge in [0.2, 0.25) is 0 Å². The van der Waals surface area contributed by atoms with Crippen molar-refractivity contribution in [1.29, 1.82) is 0 Å². The Kier molecular flexibility index (Phi) is 5.58. The molecular formula is C45H38. The summed E-state index contributed by atoms with van der Waals surface area (Å²) in [5, 5.41) is 19.1. The molecule has 0 N–H and O–H groups in total. The van der Waals surface area contributed by atoms with Gasteiger partial charge in [0.1, 0.15) is 0 Å². The second kappa shape index (κ2) is 9.41. The maximum Gasteiger partial charge on any atom is -0.00195 e. The van der Waals surface area contributed by atoms with Crippen LogP contribution in [0.25, 0.3) is 86.5 Å². The van der Waals surface area contributed by atoms with Gasteiger partial charge in [0.05, 0.1) is 0 Å². The highest BCUT2D eigenvalue weighted by molar-refractivity contribution is 6.41. The van der Waals surface area contributed by atoms with Gasteiger partial charge in [0.25, 0.3) is 0 Å². The van der Waals surface area contributed by atoms with Crippen molar-refractivity contribution in [1.82, 2.24) is 0 Å². The Morgan fingerprint density at radius 2 is 0.711 bits per heavy atom. The molecule has 0 aliphatic carbocycles. The molecule has 0 heterocycles. The van der Waals surface area contributed by atoms with Crippen LogP contribution < -0.4 is 0 Å². The molecule has 9 aromatic rings. The zero-order valence-corrected chi connectivity index (χ0v) is 27.0. The minimum atomic E-state index is 0.426. The van der Waals surface area contributed by atoms with Crippen molar-refractivity contribution in [3.8, 4) is 11.1 Å². The Morgan fingerprint density at radius 1 is 0.333 bits per heavy atom. The van der Waals surface area contributed by atoms with Gasteiger partial charge in [-0.1, -0.05) is 120 Å². The standard InChI is InChI=1S/C45H38/c1-24(2)27-18-35(25(3)4)43(36(19-27)26(5)6)28-20-39-31-14-9-10-15-32(31)42-22-37-34-17-11-16-33-29-12-7-8-13-30(29)41(44(33)34)23-38(37)40(21-28)45(39)42/h7-26H,1-6H3. The van der Waals surface area contributed by atoms with E-state index in [1.54, 1.807) is 0 Å². The van der Waals surface area contributed by atoms with Gasteiger partial charge < -0.3 is 0 Å². The summed E-state index contributed by atoms with van der Waals surface area (Å²) in [4.78, 5) is 0. The predicted molar refractivity (Wildman–Crippen MR) is 199 cm³/mol. The van der Waals surface area contributed by atoms with Crippen molar-refractivity contribution in [2.24, 2.45) is 0 Å². The molecule has 0 aliphatic heterocycles. The highest BCUT2D eigenvalue weighted by Gasteiger charge is 2.23. The molecule has 0 heteroatoms. The summed E-state index contributed by atoms with van der Waals surface area (Å²) in [6.45, 7) is 14.1. The first-order chi connectivity index (χ1) is 21.8. The topological polar surface area (TPSA) is 0 Å². The normalized spacial score (nSPS) is 12.8. The smallest absolute Gasteiger partial charge is 0.00195 e. The van der Waals surface area contributed by atoms with Gasteiger partial charge in [-0.2, -0.15) is 0 Å². The molecule has 0 saturated heterocycles. The number of fused-ring (bicyclic) bond motifs is 9. The minimum absolute atomic E-state index is 0.426. The van der Waals surface area contributed by atoms with Crippen molar-refractivity contribution < 1.29 is 0 Å². The van der Waals surface area contributed by atoms with Crippen molar-refractivity contribution in [2.75, 3.05) is 0 Å². The van der Waals surface area contributed by atoms with Crippen molar-refractivity contribution in [2.45, 2.75) is 59.3 Å². The first-order valence-corrected chi connectivity index (χ1v) is 16.7. The van der Waals surface area contributed by atoms with E-state index >= 15 is 0 Å². The van der Waals surface area contributed by atoms with Gasteiger partial charge in [-0.05, 0) is 145 Å². The summed E-state index contributed by atoms with van der Waals surface area (Å²) in [6, 6.07) is 40.0. The van der Waals surface area contributed by atoms with Crippen molar-refractivity contribution >= 4 is 75.4 Å². The largest absolute Gasteiger partial charge is 0.0616 e. The highest BCUT2D eigenvalue weighted by Crippen LogP contribution is 2.49. The maximum atomic E-state index is 2.54. The summed E-state index contributed by atoms with van der Waals surface area (Å²) >= 11 is 0. The average molecular weight is 579 g/mol. The molecule has 0 radical (unpaired) electrons. The Labute approximate surface area is 265 Å². The quantitative estimate of drug-likeness (QED) is 0.182. The third kappa shape index (κ3) is 3.60. The molecule has 45 heavy (non-hydrogen) atoms. The molecule has 0 atom stereocenters. The van der Waals surface area contributed by atoms with E-state index in [4.69, 9.17) is 0 Å². The van der Waals surface area contributed by atoms with E-state index in [1.807, 2.05) is 0 Å². The van der Waals surface area contributed by atoms with Gasteiger partial charge >= 0.3 is 0 Å². The maximum absolute atomic E-state index is 2.54. The summed E-state index contributed by atoms with van der Waals surface area (Å²) in [6.07, 6.45) is 0. The van der Waals surface area contributed by atoms with Gasteiger partial charge in [-0.3, -0.25) is 0 Å². The predicted octanol–water partition coefficient (Wildman–Crippen LogP) is 13.7. The van der Waals surface area contributed by atoms with E-state index in [-0.39, 0.29) is 0 Å². The molecule has 9 aromatic carbocycles. The lowest BCUT2D eigenvalue weighted by Crippen LogP contribution is -2.03. The molecule has 0 fully saturated rings. The third-order valence-electron chi connectivity index (χ3n) is 10.6. The zero-order valence-electron chi connectivity index (χ0n) is 27.0. The van der Waals surface area contributed by atoms with E-state index < -0.39 is 0 Å². The van der Waals surface area contributed by atoms with Crippen LogP contribution in [0, 0.1) is 0 Å². The monoisotopic (exact) mass is 578 g/mol. The van der Waals surface area contributed by atoms with Gasteiger partial charge in [0, 0.05) is 0 Å². The lowest BCUT2D eigenvalue weighted by molar-refractivity contribution is 0.807. The first-order valence-electron chi connectivity index (χ1n) is 16.7. The van der Waals surface area contributed by atoms with Crippen LogP contribution in [-0.4, -0.2) is 0 Å². The minimum Gasteiger partial charge on any atom is -0.0616 e. The van der Waals surface area contributed by atoms with E-state index in [0.717, 1.165) is 0 Å². The number of hydrogen-bond acceptors (Lipinski definition) is 0. The van der Waals surface area contributed by atoms with Crippen LogP contribution in [-0.2, 0) is 0 Å². The molecule has 218 valence electrons. The van der Waals surface area contributed by atoms with E-state index in [1.165, 1.54) is 103 Å². The zero-order chi connectivity index (χ0) is 30.7. The number of hydrogen-bond donors (Lipinski definition) is 0. The fourth-order valence-electron chi connectivity index (χ4n) is 8.45. The molecule has 0 nitrogen and oxygen atoms in total. The SMILES string of the molecule is CC(C)c1cc(C(C)C)c(-c2cc3c4ccccc4c4cc5c(cc6c7ccccc7c7cccc5c76)c(c2)c34)c(C(C)C)c1. The first kappa shape index (κ1) is 26.7. The molecule has 0 amide bonds. The molecule has 0 aromatic heterocycles. The Morgan fingerprint density at radius 3 is 1.20 bits per heavy atom. The molecular weight excluding hydrogens is 540 g/mol. The molecule has 0 bridgehead atoms. The Bertz CT molecular complexity index is 2580. The highest BCUT2D eigenvalue weighted by atomic mass is 14.3. The van der Waals surface area contributed by atoms with Crippen LogP contribution in [0.1, 0.15) is 76.0 Å². The second-order valence-corrected chi connectivity index (χ2v) is 14.2. The summed E-state index contributed by atoms with van der Waals surface area (Å²) in [5.74, 6) is 1.35. The van der Waals surface area contributed by atoms with E-state index in [9.17, 15) is 0 Å². The molecule has 0 spiro atoms. The average Bonchev–Trinajstić information content (AvgIpc) is 3.55. The van der Waals surface area contributed by atoms with Crippen LogP contribution >= 0.6 is 0 Å². The molecule has 0 aliphatic rings. The number of benzene rings is 7. The van der Waals surface area contributed by atoms with E-state index in [2.05, 4.69) is 145 Å². The van der Waals surface area contributed by atoms with E-state index in [0.29, 0.717) is 17.8 Å². The van der Waals surface area contributed by atoms with Crippen LogP contribution in [0.2, 0.25) is 0 Å². The Balaban J connectivity index is 1.52. The fourth-order valence-corrected chi connectivity index (χ4v) is 8.45. The van der Waals surface area contributed by atoms with Gasteiger partial charge in [-0.25, -0.2) is 0 Å². The number of rotatable bonds is 4. The summed E-state index contributed by atoms with van der Waals surface area (Å²) in [5.41, 5.74) is 7.15. The summed E-state index contributed by atoms with van der Waals surface area (Å²) < 4.78 is 0. The van der Waals surface area contributed by atoms with Gasteiger partial charge in [0.15, 0.2) is 0 Å². The van der Waals surface area contributed by atoms with Crippen LogP contribution in [0.15, 0.2) is 103 Å². The van der Waals surface area contributed by atoms with Crippen molar-refractivity contribution in [3.05, 3.63) is 120 Å². The van der Waals surface area contributed by atoms with Crippen LogP contribution in [0.3, 0.4) is 0 Å². The lowest BCUT2D eigenvalue weighted by Gasteiger charge is -2.24. The summed E-state index contributed by atoms with van der Waals surface area (Å²) in [7, 11) is 0. The van der Waals surface area contributed by atoms with Crippen LogP contribution in [0.5, 0.6) is 0 Å². The van der Waals surface area contributed by atoms with Gasteiger partial charge in [-0.15, -0.1) is 0 Å². The molecule has 0 unspecified atom stereocenters. The Hall–Kier alpha value is -4.68. The lowest BCUT2D eigenvalue weighted by atomic mass is 9.81. The molecule has 9 rings (SSSR count). The fraction of sp³-hybridized carbons (Fsp3) is 0.200.